The Balaban J connectivity index is 1.78. The van der Waals surface area contributed by atoms with Crippen molar-refractivity contribution in [3.05, 3.63) is 24.2 Å². The molecule has 0 aromatic carbocycles. The number of hydrogen-bond donors (Lipinski definition) is 1. The number of hydrogen-bond acceptors (Lipinski definition) is 7. The average Bonchev–Trinajstić information content (AvgIpc) is 3.31. The summed E-state index contributed by atoms with van der Waals surface area (Å²) in [6, 6.07) is 2.68. The lowest BCUT2D eigenvalue weighted by molar-refractivity contribution is -0.147. The molecule has 2 aromatic rings. The lowest BCUT2D eigenvalue weighted by atomic mass is 10.1. The van der Waals surface area contributed by atoms with Crippen LogP contribution in [-0.2, 0) is 4.74 Å². The smallest absolute Gasteiger partial charge is 0.398 e. The molecule has 4 heterocycles. The second-order valence-corrected chi connectivity index (χ2v) is 7.22. The molecule has 7 nitrogen and oxygen atoms in total. The van der Waals surface area contributed by atoms with Crippen molar-refractivity contribution in [3.63, 3.8) is 0 Å². The lowest BCUT2D eigenvalue weighted by Crippen LogP contribution is -2.38. The molecule has 162 valence electrons. The molecule has 3 atom stereocenters. The summed E-state index contributed by atoms with van der Waals surface area (Å²) in [7, 11) is 0. The van der Waals surface area contributed by atoms with E-state index in [0.717, 1.165) is 13.3 Å². The summed E-state index contributed by atoms with van der Waals surface area (Å²) in [6.07, 6.45) is -2.55. The molecule has 2 saturated heterocycles. The Morgan fingerprint density at radius 2 is 2.03 bits per heavy atom. The minimum absolute atomic E-state index is 0.00106. The summed E-state index contributed by atoms with van der Waals surface area (Å²) >= 11 is 0. The Bertz CT molecular complexity index is 942. The molecular weight excluding hydrogens is 413 g/mol. The quantitative estimate of drug-likeness (QED) is 0.727. The molecule has 0 saturated carbocycles. The first-order chi connectivity index (χ1) is 14.1. The van der Waals surface area contributed by atoms with Gasteiger partial charge in [0.25, 0.3) is 0 Å². The number of aromatic nitrogens is 3. The van der Waals surface area contributed by atoms with Crippen LogP contribution in [0.2, 0.25) is 0 Å². The van der Waals surface area contributed by atoms with Crippen molar-refractivity contribution in [3.8, 4) is 17.0 Å². The van der Waals surface area contributed by atoms with Gasteiger partial charge in [0.1, 0.15) is 17.6 Å². The fourth-order valence-corrected chi connectivity index (χ4v) is 3.55. The zero-order valence-electron chi connectivity index (χ0n) is 15.7. The lowest BCUT2D eigenvalue weighted by Gasteiger charge is -2.29. The fourth-order valence-electron chi connectivity index (χ4n) is 3.55. The Hall–Kier alpha value is -2.76. The number of rotatable bonds is 5. The maximum absolute atomic E-state index is 13.3. The highest BCUT2D eigenvalue weighted by molar-refractivity contribution is 5.67. The summed E-state index contributed by atoms with van der Waals surface area (Å²) in [6.45, 7) is -1.20. The van der Waals surface area contributed by atoms with Gasteiger partial charge in [-0.15, -0.1) is 0 Å². The number of morpholine rings is 1. The Morgan fingerprint density at radius 3 is 2.63 bits per heavy atom. The van der Waals surface area contributed by atoms with E-state index < -0.39 is 24.5 Å². The molecule has 0 spiro atoms. The molecule has 12 heteroatoms. The summed E-state index contributed by atoms with van der Waals surface area (Å²) in [5.74, 6) is -2.69. The molecule has 1 unspecified atom stereocenters. The van der Waals surface area contributed by atoms with Gasteiger partial charge in [0.15, 0.2) is 11.6 Å². The SMILES string of the molecule is CC(c1nc(-c2cnc(N)c(OC(F)F)c2)cc(N2C[C@@H]3C[C@H]2CO3)n1)C(F)(F)F. The molecule has 2 fully saturated rings. The van der Waals surface area contributed by atoms with Crippen LogP contribution in [0.4, 0.5) is 33.6 Å². The van der Waals surface area contributed by atoms with Crippen LogP contribution >= 0.6 is 0 Å². The van der Waals surface area contributed by atoms with E-state index in [-0.39, 0.29) is 35.0 Å². The number of nitrogens with two attached hydrogens (primary N) is 1. The van der Waals surface area contributed by atoms with Gasteiger partial charge in [0.05, 0.1) is 24.4 Å². The van der Waals surface area contributed by atoms with Crippen LogP contribution in [0.25, 0.3) is 11.3 Å². The van der Waals surface area contributed by atoms with Crippen LogP contribution in [0.3, 0.4) is 0 Å². The first-order valence-electron chi connectivity index (χ1n) is 9.16. The highest BCUT2D eigenvalue weighted by Crippen LogP contribution is 2.38. The third kappa shape index (κ3) is 3.95. The third-order valence-electron chi connectivity index (χ3n) is 5.20. The first-order valence-corrected chi connectivity index (χ1v) is 9.16. The molecular formula is C18H18F5N5O2. The van der Waals surface area contributed by atoms with Crippen LogP contribution in [0.5, 0.6) is 5.75 Å². The van der Waals surface area contributed by atoms with E-state index >= 15 is 0 Å². The van der Waals surface area contributed by atoms with E-state index in [1.165, 1.54) is 18.3 Å². The zero-order valence-corrected chi connectivity index (χ0v) is 15.7. The van der Waals surface area contributed by atoms with Crippen LogP contribution in [-0.4, -0.2) is 53.0 Å². The van der Waals surface area contributed by atoms with Gasteiger partial charge >= 0.3 is 12.8 Å². The van der Waals surface area contributed by atoms with Crippen LogP contribution in [0.15, 0.2) is 18.3 Å². The maximum atomic E-state index is 13.3. The Kier molecular flexibility index (Phi) is 5.12. The van der Waals surface area contributed by atoms with E-state index in [9.17, 15) is 22.0 Å². The minimum Gasteiger partial charge on any atom is -0.431 e. The van der Waals surface area contributed by atoms with Gasteiger partial charge in [0, 0.05) is 24.4 Å². The van der Waals surface area contributed by atoms with Crippen LogP contribution in [0, 0.1) is 0 Å². The zero-order chi connectivity index (χ0) is 21.6. The number of fused-ring (bicyclic) bond motifs is 2. The van der Waals surface area contributed by atoms with Gasteiger partial charge in [0.2, 0.25) is 0 Å². The number of ether oxygens (including phenoxy) is 2. The standard InChI is InChI=1S/C18H18F5N5O2/c1-8(18(21,22)23)16-26-12(9-2-13(30-17(19)20)15(24)25-5-9)4-14(27-16)28-6-11-3-10(28)7-29-11/h2,4-5,8,10-11,17H,3,6-7H2,1H3,(H2,24,25)/t8?,10-,11-/m0/s1. The van der Waals surface area contributed by atoms with Gasteiger partial charge in [-0.05, 0) is 19.4 Å². The van der Waals surface area contributed by atoms with E-state index in [1.807, 2.05) is 4.90 Å². The van der Waals surface area contributed by atoms with Gasteiger partial charge in [-0.2, -0.15) is 22.0 Å². The molecule has 2 aromatic heterocycles. The number of nitrogen functional groups attached to an aromatic ring is 1. The van der Waals surface area contributed by atoms with Crippen LogP contribution in [0.1, 0.15) is 25.1 Å². The number of pyridine rings is 1. The monoisotopic (exact) mass is 431 g/mol. The fraction of sp³-hybridized carbons (Fsp3) is 0.500. The second-order valence-electron chi connectivity index (χ2n) is 7.22. The maximum Gasteiger partial charge on any atom is 0.398 e. The summed E-state index contributed by atoms with van der Waals surface area (Å²) in [4.78, 5) is 13.9. The van der Waals surface area contributed by atoms with Gasteiger partial charge in [-0.3, -0.25) is 0 Å². The van der Waals surface area contributed by atoms with Crippen LogP contribution < -0.4 is 15.4 Å². The van der Waals surface area contributed by atoms with E-state index in [4.69, 9.17) is 10.5 Å². The largest absolute Gasteiger partial charge is 0.431 e. The highest BCUT2D eigenvalue weighted by Gasteiger charge is 2.42. The number of halogens is 5. The minimum atomic E-state index is -4.55. The normalized spacial score (nSPS) is 22.0. The molecule has 2 aliphatic heterocycles. The van der Waals surface area contributed by atoms with Crippen molar-refractivity contribution in [2.75, 3.05) is 23.8 Å². The Morgan fingerprint density at radius 1 is 1.27 bits per heavy atom. The summed E-state index contributed by atoms with van der Waals surface area (Å²) < 4.78 is 75.1. The molecule has 4 rings (SSSR count). The molecule has 0 radical (unpaired) electrons. The van der Waals surface area contributed by atoms with E-state index in [2.05, 4.69) is 19.7 Å². The molecule has 0 aliphatic carbocycles. The first kappa shape index (κ1) is 20.5. The van der Waals surface area contributed by atoms with Crippen molar-refractivity contribution in [2.24, 2.45) is 0 Å². The molecule has 2 bridgehead atoms. The van der Waals surface area contributed by atoms with Crippen molar-refractivity contribution in [1.29, 1.82) is 0 Å². The second kappa shape index (κ2) is 7.49. The average molecular weight is 431 g/mol. The van der Waals surface area contributed by atoms with Crippen molar-refractivity contribution in [2.45, 2.75) is 44.2 Å². The van der Waals surface area contributed by atoms with E-state index in [1.54, 1.807) is 0 Å². The molecule has 2 N–H and O–H groups in total. The van der Waals surface area contributed by atoms with Crippen molar-refractivity contribution in [1.82, 2.24) is 15.0 Å². The van der Waals surface area contributed by atoms with Gasteiger partial charge in [-0.1, -0.05) is 0 Å². The highest BCUT2D eigenvalue weighted by atomic mass is 19.4. The molecule has 2 aliphatic rings. The topological polar surface area (TPSA) is 86.4 Å². The Labute approximate surface area is 168 Å². The molecule has 0 amide bonds. The third-order valence-corrected chi connectivity index (χ3v) is 5.20. The number of alkyl halides is 5. The summed E-state index contributed by atoms with van der Waals surface area (Å²) in [5, 5.41) is 0. The van der Waals surface area contributed by atoms with Gasteiger partial charge in [-0.25, -0.2) is 15.0 Å². The summed E-state index contributed by atoms with van der Waals surface area (Å²) in [5.41, 5.74) is 5.83. The van der Waals surface area contributed by atoms with Gasteiger partial charge < -0.3 is 20.1 Å². The van der Waals surface area contributed by atoms with Crippen molar-refractivity contribution >= 4 is 11.6 Å². The van der Waals surface area contributed by atoms with Crippen molar-refractivity contribution < 1.29 is 31.4 Å². The predicted molar refractivity (Wildman–Crippen MR) is 96.3 cm³/mol. The number of anilines is 2. The predicted octanol–water partition coefficient (Wildman–Crippen LogP) is 3.37. The molecule has 30 heavy (non-hydrogen) atoms. The van der Waals surface area contributed by atoms with E-state index in [0.29, 0.717) is 19.0 Å². The number of nitrogens with zero attached hydrogens (tertiary/aromatic N) is 4.